The fourth-order valence-corrected chi connectivity index (χ4v) is 8.27. The molecule has 12 heteroatoms. The van der Waals surface area contributed by atoms with Crippen molar-refractivity contribution in [1.82, 2.24) is 35.8 Å². The largest absolute Gasteiger partial charge is 0.366 e. The standard InChI is InChI=1S/C30H43N9O3/c1-35-16-22-14-21(35)17-37(22)20-8-6-19(7-9-20)32-30-31-15-23-27(34-30)39-25-11-10-24-28(33-25)36(26(40)18-42-24)12-4-2-3-5-13-38(39)29(23)41/h3,5-9,21-25,27-28,30-34H,2,4,10-18H2,1H3/b5-3-/t21-,22-,23?,24?,25?,27?,28?,30?/m0/s1. The van der Waals surface area contributed by atoms with Crippen LogP contribution in [0.1, 0.15) is 32.1 Å². The van der Waals surface area contributed by atoms with Crippen molar-refractivity contribution >= 4 is 23.2 Å². The molecule has 4 N–H and O–H groups in total. The summed E-state index contributed by atoms with van der Waals surface area (Å²) in [5, 5.41) is 18.7. The molecule has 4 bridgehead atoms. The number of likely N-dealkylation sites (N-methyl/N-ethyl adjacent to an activating group) is 1. The molecule has 0 aliphatic carbocycles. The van der Waals surface area contributed by atoms with Gasteiger partial charge >= 0.3 is 0 Å². The van der Waals surface area contributed by atoms with Gasteiger partial charge in [0.2, 0.25) is 11.8 Å². The number of piperidine rings is 1. The number of hydrazine groups is 1. The molecule has 6 fully saturated rings. The third-order valence-corrected chi connectivity index (χ3v) is 10.5. The molecule has 7 aliphatic rings. The summed E-state index contributed by atoms with van der Waals surface area (Å²) in [6.07, 6.45) is 8.32. The van der Waals surface area contributed by atoms with E-state index in [0.29, 0.717) is 31.7 Å². The molecule has 7 heterocycles. The van der Waals surface area contributed by atoms with Gasteiger partial charge in [0.15, 0.2) is 0 Å². The van der Waals surface area contributed by atoms with Crippen LogP contribution in [0.15, 0.2) is 36.4 Å². The van der Waals surface area contributed by atoms with Gasteiger partial charge in [-0.1, -0.05) is 12.2 Å². The van der Waals surface area contributed by atoms with Crippen LogP contribution in [0.3, 0.4) is 0 Å². The van der Waals surface area contributed by atoms with Crippen molar-refractivity contribution in [2.24, 2.45) is 5.92 Å². The van der Waals surface area contributed by atoms with Crippen molar-refractivity contribution in [3.8, 4) is 0 Å². The van der Waals surface area contributed by atoms with Crippen LogP contribution in [0.5, 0.6) is 0 Å². The second kappa shape index (κ2) is 10.8. The zero-order chi connectivity index (χ0) is 28.4. The highest BCUT2D eigenvalue weighted by atomic mass is 16.5. The Kier molecular flexibility index (Phi) is 6.88. The van der Waals surface area contributed by atoms with Crippen molar-refractivity contribution in [3.05, 3.63) is 36.4 Å². The second-order valence-electron chi connectivity index (χ2n) is 12.9. The SMILES string of the molecule is CN1C[C@@H]2C[C@H]1CN2c1ccc(NC2NCC3C(=O)N4C/C=C\CCCN5C(=O)COC6CCC(NC65)N4C3N2)cc1. The summed E-state index contributed by atoms with van der Waals surface area (Å²) in [5.41, 5.74) is 2.32. The van der Waals surface area contributed by atoms with E-state index in [1.807, 2.05) is 9.91 Å². The van der Waals surface area contributed by atoms with Crippen LogP contribution < -0.4 is 26.2 Å². The van der Waals surface area contributed by atoms with Crippen molar-refractivity contribution in [2.45, 2.75) is 75.1 Å². The lowest BCUT2D eigenvalue weighted by molar-refractivity contribution is -0.176. The fourth-order valence-electron chi connectivity index (χ4n) is 8.27. The number of anilines is 2. The highest BCUT2D eigenvalue weighted by molar-refractivity contribution is 5.82. The molecule has 8 rings (SSSR count). The van der Waals surface area contributed by atoms with Crippen LogP contribution >= 0.6 is 0 Å². The maximum atomic E-state index is 13.7. The van der Waals surface area contributed by atoms with Crippen LogP contribution in [0.25, 0.3) is 0 Å². The molecular weight excluding hydrogens is 534 g/mol. The normalized spacial score (nSPS) is 39.5. The number of fused-ring (bicyclic) bond motifs is 7. The molecule has 1 aromatic carbocycles. The van der Waals surface area contributed by atoms with Crippen LogP contribution in [-0.2, 0) is 14.3 Å². The Balaban J connectivity index is 0.992. The quantitative estimate of drug-likeness (QED) is 0.369. The van der Waals surface area contributed by atoms with Crippen molar-refractivity contribution in [2.75, 3.05) is 56.6 Å². The first kappa shape index (κ1) is 26.9. The molecule has 7 aliphatic heterocycles. The molecule has 42 heavy (non-hydrogen) atoms. The smallest absolute Gasteiger partial charge is 0.249 e. The van der Waals surface area contributed by atoms with Crippen molar-refractivity contribution < 1.29 is 14.3 Å². The highest BCUT2D eigenvalue weighted by Crippen LogP contribution is 2.35. The van der Waals surface area contributed by atoms with Crippen LogP contribution in [0, 0.1) is 5.92 Å². The van der Waals surface area contributed by atoms with Crippen molar-refractivity contribution in [3.63, 3.8) is 0 Å². The number of morpholine rings is 1. The number of benzene rings is 1. The van der Waals surface area contributed by atoms with Crippen molar-refractivity contribution in [1.29, 1.82) is 0 Å². The Morgan fingerprint density at radius 3 is 2.67 bits per heavy atom. The average molecular weight is 578 g/mol. The number of amides is 2. The molecule has 8 atom stereocenters. The van der Waals surface area contributed by atoms with E-state index in [-0.39, 0.29) is 55.2 Å². The summed E-state index contributed by atoms with van der Waals surface area (Å²) >= 11 is 0. The first-order chi connectivity index (χ1) is 20.5. The van der Waals surface area contributed by atoms with Gasteiger partial charge in [-0.15, -0.1) is 0 Å². The van der Waals surface area contributed by atoms with E-state index in [0.717, 1.165) is 44.5 Å². The Morgan fingerprint density at radius 1 is 0.976 bits per heavy atom. The van der Waals surface area contributed by atoms with Gasteiger partial charge in [-0.3, -0.25) is 35.4 Å². The first-order valence-corrected chi connectivity index (χ1v) is 15.8. The van der Waals surface area contributed by atoms with Crippen LogP contribution in [0.4, 0.5) is 11.4 Å². The number of piperazine rings is 1. The summed E-state index contributed by atoms with van der Waals surface area (Å²) < 4.78 is 5.95. The van der Waals surface area contributed by atoms with Crippen LogP contribution in [0.2, 0.25) is 0 Å². The number of hydrogen-bond acceptors (Lipinski definition) is 10. The molecule has 1 aromatic rings. The monoisotopic (exact) mass is 577 g/mol. The lowest BCUT2D eigenvalue weighted by atomic mass is 9.99. The summed E-state index contributed by atoms with van der Waals surface area (Å²) in [5.74, 6) is -0.0307. The molecule has 226 valence electrons. The van der Waals surface area contributed by atoms with Gasteiger partial charge in [0.25, 0.3) is 0 Å². The van der Waals surface area contributed by atoms with Gasteiger partial charge in [-0.2, -0.15) is 5.01 Å². The van der Waals surface area contributed by atoms with Gasteiger partial charge in [0.1, 0.15) is 19.1 Å². The number of carbonyl (C=O) groups excluding carboxylic acids is 2. The zero-order valence-corrected chi connectivity index (χ0v) is 24.3. The number of nitrogens with zero attached hydrogens (tertiary/aromatic N) is 5. The minimum Gasteiger partial charge on any atom is -0.366 e. The molecular formula is C30H43N9O3. The molecule has 6 unspecified atom stereocenters. The zero-order valence-electron chi connectivity index (χ0n) is 24.3. The summed E-state index contributed by atoms with van der Waals surface area (Å²) in [7, 11) is 2.23. The van der Waals surface area contributed by atoms with Crippen LogP contribution in [-0.4, -0.2) is 121 Å². The maximum Gasteiger partial charge on any atom is 0.249 e. The third kappa shape index (κ3) is 4.59. The topological polar surface area (TPSA) is 108 Å². The number of likely N-dealkylation sites (tertiary alicyclic amines) is 1. The molecule has 0 aromatic heterocycles. The van der Waals surface area contributed by atoms with E-state index in [1.165, 1.54) is 12.1 Å². The number of ether oxygens (including phenoxy) is 1. The Morgan fingerprint density at radius 2 is 1.86 bits per heavy atom. The number of rotatable bonds is 3. The third-order valence-electron chi connectivity index (χ3n) is 10.5. The predicted octanol–water partition coefficient (Wildman–Crippen LogP) is 0.0821. The molecule has 0 radical (unpaired) electrons. The molecule has 12 nitrogen and oxygen atoms in total. The Labute approximate surface area is 247 Å². The molecule has 0 spiro atoms. The molecule has 2 amide bonds. The lowest BCUT2D eigenvalue weighted by Crippen LogP contribution is -2.72. The minimum absolute atomic E-state index is 0.0185. The van der Waals surface area contributed by atoms with Gasteiger partial charge in [0.05, 0.1) is 30.9 Å². The molecule has 6 saturated heterocycles. The number of hydrogen-bond donors (Lipinski definition) is 4. The predicted molar refractivity (Wildman–Crippen MR) is 158 cm³/mol. The highest BCUT2D eigenvalue weighted by Gasteiger charge is 2.53. The van der Waals surface area contributed by atoms with Gasteiger partial charge in [0, 0.05) is 49.6 Å². The number of carbonyl (C=O) groups is 2. The minimum atomic E-state index is -0.201. The number of nitrogens with one attached hydrogen (secondary N) is 4. The summed E-state index contributed by atoms with van der Waals surface area (Å²) in [6.45, 7) is 4.24. The van der Waals surface area contributed by atoms with Gasteiger partial charge in [-0.25, -0.2) is 0 Å². The maximum absolute atomic E-state index is 13.7. The van der Waals surface area contributed by atoms with E-state index in [9.17, 15) is 9.59 Å². The summed E-state index contributed by atoms with van der Waals surface area (Å²) in [6, 6.07) is 10.0. The van der Waals surface area contributed by atoms with E-state index in [4.69, 9.17) is 4.74 Å². The van der Waals surface area contributed by atoms with E-state index in [1.54, 1.807) is 0 Å². The van der Waals surface area contributed by atoms with E-state index >= 15 is 0 Å². The number of allylic oxidation sites excluding steroid dienone is 1. The van der Waals surface area contributed by atoms with E-state index in [2.05, 4.69) is 79.5 Å². The Hall–Kier alpha value is -2.74. The Bertz CT molecular complexity index is 1230. The molecule has 0 saturated carbocycles. The fraction of sp³-hybridized carbons (Fsp3) is 0.667. The summed E-state index contributed by atoms with van der Waals surface area (Å²) in [4.78, 5) is 33.5. The van der Waals surface area contributed by atoms with Gasteiger partial charge < -0.3 is 19.9 Å². The van der Waals surface area contributed by atoms with Gasteiger partial charge in [-0.05, 0) is 63.4 Å². The van der Waals surface area contributed by atoms with E-state index < -0.39 is 0 Å². The second-order valence-corrected chi connectivity index (χ2v) is 12.9. The lowest BCUT2D eigenvalue weighted by Gasteiger charge is -2.50. The average Bonchev–Trinajstić information content (AvgIpc) is 3.66. The first-order valence-electron chi connectivity index (χ1n) is 15.8.